The van der Waals surface area contributed by atoms with Gasteiger partial charge in [-0.25, -0.2) is 4.98 Å². The minimum absolute atomic E-state index is 0.0244. The lowest BCUT2D eigenvalue weighted by Gasteiger charge is -2.18. The molecule has 0 fully saturated rings. The first kappa shape index (κ1) is 17.6. The van der Waals surface area contributed by atoms with Crippen molar-refractivity contribution in [2.24, 2.45) is 0 Å². The fourth-order valence-corrected chi connectivity index (χ4v) is 2.14. The molecule has 0 bridgehead atoms. The number of aliphatic hydroxyl groups is 1. The fraction of sp³-hybridized carbons (Fsp3) is 0.333. The predicted molar refractivity (Wildman–Crippen MR) is 94.1 cm³/mol. The van der Waals surface area contributed by atoms with E-state index in [0.717, 1.165) is 23.5 Å². The Bertz CT molecular complexity index is 650. The summed E-state index contributed by atoms with van der Waals surface area (Å²) in [6.07, 6.45) is 2.22. The average Bonchev–Trinajstić information content (AvgIpc) is 2.64. The van der Waals surface area contributed by atoms with Gasteiger partial charge in [0.05, 0.1) is 31.0 Å². The lowest BCUT2D eigenvalue weighted by molar-refractivity contribution is 0.196. The zero-order chi connectivity index (χ0) is 17.2. The number of nitrogens with zero attached hydrogens (tertiary/aromatic N) is 3. The highest BCUT2D eigenvalue weighted by molar-refractivity contribution is 5.48. The van der Waals surface area contributed by atoms with Crippen LogP contribution in [-0.2, 0) is 6.54 Å². The molecule has 2 rings (SSSR count). The van der Waals surface area contributed by atoms with Crippen LogP contribution < -0.4 is 15.0 Å². The van der Waals surface area contributed by atoms with Gasteiger partial charge in [0.25, 0.3) is 0 Å². The van der Waals surface area contributed by atoms with E-state index < -0.39 is 0 Å². The fourth-order valence-electron chi connectivity index (χ4n) is 2.14. The summed E-state index contributed by atoms with van der Waals surface area (Å²) in [6, 6.07) is 14.1. The van der Waals surface area contributed by atoms with Crippen molar-refractivity contribution in [1.29, 1.82) is 5.26 Å². The van der Waals surface area contributed by atoms with E-state index in [1.165, 1.54) is 0 Å². The Morgan fingerprint density at radius 2 is 2.04 bits per heavy atom. The summed E-state index contributed by atoms with van der Waals surface area (Å²) >= 11 is 0. The molecule has 0 unspecified atom stereocenters. The summed E-state index contributed by atoms with van der Waals surface area (Å²) in [4.78, 5) is 6.23. The number of benzene rings is 1. The molecule has 0 amide bonds. The molecule has 0 saturated carbocycles. The number of nitrogens with one attached hydrogen (secondary N) is 1. The second-order valence-corrected chi connectivity index (χ2v) is 5.31. The molecule has 0 atom stereocenters. The van der Waals surface area contributed by atoms with E-state index in [4.69, 9.17) is 15.1 Å². The highest BCUT2D eigenvalue weighted by atomic mass is 16.5. The van der Waals surface area contributed by atoms with Crippen molar-refractivity contribution in [3.63, 3.8) is 0 Å². The molecule has 0 aliphatic rings. The number of rotatable bonds is 9. The summed E-state index contributed by atoms with van der Waals surface area (Å²) in [5.74, 6) is 0.499. The third-order valence-corrected chi connectivity index (χ3v) is 3.51. The van der Waals surface area contributed by atoms with Crippen LogP contribution in [0.5, 0.6) is 5.88 Å². The highest BCUT2D eigenvalue weighted by Gasteiger charge is 2.01. The molecule has 0 radical (unpaired) electrons. The minimum atomic E-state index is -0.0244. The van der Waals surface area contributed by atoms with Gasteiger partial charge in [-0.1, -0.05) is 12.1 Å². The molecule has 6 nitrogen and oxygen atoms in total. The van der Waals surface area contributed by atoms with Gasteiger partial charge in [-0.2, -0.15) is 5.26 Å². The lowest BCUT2D eigenvalue weighted by Crippen LogP contribution is -2.17. The number of aromatic nitrogens is 1. The average molecular weight is 326 g/mol. The Labute approximate surface area is 142 Å². The van der Waals surface area contributed by atoms with Crippen LogP contribution in [0.4, 0.5) is 11.4 Å². The number of ether oxygens (including phenoxy) is 1. The lowest BCUT2D eigenvalue weighted by atomic mass is 10.2. The van der Waals surface area contributed by atoms with Gasteiger partial charge in [-0.05, 0) is 23.8 Å². The third kappa shape index (κ3) is 5.45. The van der Waals surface area contributed by atoms with Crippen LogP contribution in [0.15, 0.2) is 42.6 Å². The van der Waals surface area contributed by atoms with Crippen LogP contribution in [0.2, 0.25) is 0 Å². The summed E-state index contributed by atoms with van der Waals surface area (Å²) in [5, 5.41) is 20.6. The first-order valence-corrected chi connectivity index (χ1v) is 7.83. The SMILES string of the molecule is CN(CCC#N)c1ccc(CNc2ccc(OCCO)nc2)cc1. The molecule has 0 spiro atoms. The number of hydrogen-bond donors (Lipinski definition) is 2. The summed E-state index contributed by atoms with van der Waals surface area (Å²) in [6.45, 7) is 1.64. The van der Waals surface area contributed by atoms with Crippen molar-refractivity contribution >= 4 is 11.4 Å². The Morgan fingerprint density at radius 1 is 1.25 bits per heavy atom. The predicted octanol–water partition coefficient (Wildman–Crippen LogP) is 2.41. The van der Waals surface area contributed by atoms with Crippen molar-refractivity contribution in [2.45, 2.75) is 13.0 Å². The minimum Gasteiger partial charge on any atom is -0.475 e. The standard InChI is InChI=1S/C18H22N4O2/c1-22(10-2-9-19)17-6-3-15(4-7-17)13-20-16-5-8-18(21-14-16)24-12-11-23/h3-8,14,20,23H,2,10-13H2,1H3. The molecule has 1 heterocycles. The summed E-state index contributed by atoms with van der Waals surface area (Å²) in [7, 11) is 1.98. The van der Waals surface area contributed by atoms with E-state index >= 15 is 0 Å². The Morgan fingerprint density at radius 3 is 2.67 bits per heavy atom. The van der Waals surface area contributed by atoms with Crippen molar-refractivity contribution in [2.75, 3.05) is 37.0 Å². The van der Waals surface area contributed by atoms with Crippen LogP contribution in [-0.4, -0.2) is 36.9 Å². The maximum Gasteiger partial charge on any atom is 0.213 e. The van der Waals surface area contributed by atoms with Gasteiger partial charge in [0.1, 0.15) is 6.61 Å². The first-order valence-electron chi connectivity index (χ1n) is 7.83. The number of nitriles is 1. The number of aliphatic hydroxyl groups excluding tert-OH is 1. The van der Waals surface area contributed by atoms with Gasteiger partial charge < -0.3 is 20.1 Å². The van der Waals surface area contributed by atoms with Gasteiger partial charge in [0.15, 0.2) is 0 Å². The summed E-state index contributed by atoms with van der Waals surface area (Å²) < 4.78 is 5.22. The monoisotopic (exact) mass is 326 g/mol. The van der Waals surface area contributed by atoms with E-state index in [-0.39, 0.29) is 13.2 Å². The molecular formula is C18H22N4O2. The van der Waals surface area contributed by atoms with Gasteiger partial charge >= 0.3 is 0 Å². The number of hydrogen-bond acceptors (Lipinski definition) is 6. The smallest absolute Gasteiger partial charge is 0.213 e. The van der Waals surface area contributed by atoms with E-state index in [2.05, 4.69) is 45.5 Å². The molecule has 1 aromatic carbocycles. The van der Waals surface area contributed by atoms with Crippen LogP contribution in [0, 0.1) is 11.3 Å². The second kappa shape index (κ2) is 9.38. The van der Waals surface area contributed by atoms with E-state index in [0.29, 0.717) is 18.8 Å². The molecule has 126 valence electrons. The molecule has 0 saturated heterocycles. The zero-order valence-electron chi connectivity index (χ0n) is 13.8. The quantitative estimate of drug-likeness (QED) is 0.736. The van der Waals surface area contributed by atoms with E-state index in [1.54, 1.807) is 12.3 Å². The Kier molecular flexibility index (Phi) is 6.87. The first-order chi connectivity index (χ1) is 11.7. The Balaban J connectivity index is 1.84. The van der Waals surface area contributed by atoms with Crippen molar-refractivity contribution in [1.82, 2.24) is 4.98 Å². The van der Waals surface area contributed by atoms with Crippen LogP contribution in [0.25, 0.3) is 0 Å². The van der Waals surface area contributed by atoms with Gasteiger partial charge in [0.2, 0.25) is 5.88 Å². The molecule has 0 aliphatic carbocycles. The normalized spacial score (nSPS) is 10.0. The molecular weight excluding hydrogens is 304 g/mol. The Hall–Kier alpha value is -2.78. The number of anilines is 2. The molecule has 24 heavy (non-hydrogen) atoms. The topological polar surface area (TPSA) is 81.4 Å². The largest absolute Gasteiger partial charge is 0.475 e. The summed E-state index contributed by atoms with van der Waals surface area (Å²) in [5.41, 5.74) is 3.16. The maximum atomic E-state index is 8.71. The molecule has 6 heteroatoms. The van der Waals surface area contributed by atoms with Gasteiger partial charge in [-0.15, -0.1) is 0 Å². The van der Waals surface area contributed by atoms with Crippen molar-refractivity contribution in [3.8, 4) is 11.9 Å². The van der Waals surface area contributed by atoms with Gasteiger partial charge in [-0.3, -0.25) is 0 Å². The third-order valence-electron chi connectivity index (χ3n) is 3.51. The second-order valence-electron chi connectivity index (χ2n) is 5.31. The van der Waals surface area contributed by atoms with E-state index in [1.807, 2.05) is 13.1 Å². The van der Waals surface area contributed by atoms with Crippen LogP contribution >= 0.6 is 0 Å². The highest BCUT2D eigenvalue weighted by Crippen LogP contribution is 2.16. The van der Waals surface area contributed by atoms with Crippen molar-refractivity contribution < 1.29 is 9.84 Å². The maximum absolute atomic E-state index is 8.71. The van der Waals surface area contributed by atoms with Gasteiger partial charge in [0, 0.05) is 31.9 Å². The molecule has 2 aromatic rings. The zero-order valence-corrected chi connectivity index (χ0v) is 13.8. The molecule has 1 aromatic heterocycles. The molecule has 0 aliphatic heterocycles. The molecule has 2 N–H and O–H groups in total. The van der Waals surface area contributed by atoms with Crippen LogP contribution in [0.1, 0.15) is 12.0 Å². The number of pyridine rings is 1. The van der Waals surface area contributed by atoms with E-state index in [9.17, 15) is 0 Å². The van der Waals surface area contributed by atoms with Crippen molar-refractivity contribution in [3.05, 3.63) is 48.2 Å². The van der Waals surface area contributed by atoms with Crippen LogP contribution in [0.3, 0.4) is 0 Å².